The summed E-state index contributed by atoms with van der Waals surface area (Å²) in [6.07, 6.45) is 9.82. The lowest BCUT2D eigenvalue weighted by molar-refractivity contribution is 0.00938. The number of nitrogens with one attached hydrogen (secondary N) is 1. The maximum Gasteiger partial charge on any atom is 0.358 e. The topological polar surface area (TPSA) is 113 Å². The average Bonchev–Trinajstić information content (AvgIpc) is 4.05. The van der Waals surface area contributed by atoms with Crippen molar-refractivity contribution in [2.24, 2.45) is 11.8 Å². The summed E-state index contributed by atoms with van der Waals surface area (Å²) in [4.78, 5) is 40.8. The molecule has 3 aliphatic carbocycles. The number of esters is 1. The Morgan fingerprint density at radius 1 is 0.755 bits per heavy atom. The number of halogens is 3. The molecule has 2 aromatic carbocycles. The van der Waals surface area contributed by atoms with Crippen molar-refractivity contribution in [1.82, 2.24) is 20.3 Å². The van der Waals surface area contributed by atoms with Gasteiger partial charge in [-0.05, 0) is 92.7 Å². The fourth-order valence-corrected chi connectivity index (χ4v) is 6.18. The molecule has 3 saturated carbocycles. The number of carbonyl (C=O) groups excluding carboxylic acids is 2. The molecule has 3 fully saturated rings. The Balaban J connectivity index is 1.08. The van der Waals surface area contributed by atoms with Crippen LogP contribution >= 0.6 is 34.8 Å². The normalized spacial score (nSPS) is 18.8. The Hall–Kier alpha value is -3.92. The first-order valence-electron chi connectivity index (χ1n) is 16.7. The highest BCUT2D eigenvalue weighted by Gasteiger charge is 2.32. The molecular weight excluding hydrogens is 687 g/mol. The molecule has 4 aromatic rings. The van der Waals surface area contributed by atoms with Gasteiger partial charge in [-0.2, -0.15) is 0 Å². The summed E-state index contributed by atoms with van der Waals surface area (Å²) < 4.78 is 18.0. The Bertz CT molecular complexity index is 1850. The molecule has 254 valence electrons. The highest BCUT2D eigenvalue weighted by atomic mass is 35.5. The maximum atomic E-state index is 13.7. The van der Waals surface area contributed by atoms with E-state index in [9.17, 15) is 9.59 Å². The van der Waals surface area contributed by atoms with Crippen molar-refractivity contribution in [2.45, 2.75) is 63.5 Å². The summed E-state index contributed by atoms with van der Waals surface area (Å²) >= 11 is 18.6. The second-order valence-corrected chi connectivity index (χ2v) is 14.2. The van der Waals surface area contributed by atoms with Gasteiger partial charge in [0.1, 0.15) is 11.8 Å². The lowest BCUT2D eigenvalue weighted by Crippen LogP contribution is -2.47. The van der Waals surface area contributed by atoms with Gasteiger partial charge in [-0.1, -0.05) is 59.4 Å². The quantitative estimate of drug-likeness (QED) is 0.145. The third-order valence-corrected chi connectivity index (χ3v) is 9.98. The summed E-state index contributed by atoms with van der Waals surface area (Å²) in [5.41, 5.74) is 2.92. The monoisotopic (exact) mass is 720 g/mol. The van der Waals surface area contributed by atoms with E-state index in [4.69, 9.17) is 49.0 Å². The van der Waals surface area contributed by atoms with Gasteiger partial charge in [0.05, 0.1) is 41.1 Å². The Morgan fingerprint density at radius 3 is 2.14 bits per heavy atom. The molecule has 0 saturated heterocycles. The van der Waals surface area contributed by atoms with Crippen LogP contribution in [0.1, 0.15) is 72.2 Å². The summed E-state index contributed by atoms with van der Waals surface area (Å²) in [5, 5.41) is 4.49. The van der Waals surface area contributed by atoms with Gasteiger partial charge in [0, 0.05) is 22.3 Å². The van der Waals surface area contributed by atoms with E-state index in [1.807, 2.05) is 18.2 Å². The van der Waals surface area contributed by atoms with Crippen molar-refractivity contribution < 1.29 is 23.8 Å². The first-order valence-corrected chi connectivity index (χ1v) is 17.8. The van der Waals surface area contributed by atoms with Crippen LogP contribution in [0.15, 0.2) is 60.9 Å². The summed E-state index contributed by atoms with van der Waals surface area (Å²) in [6, 6.07) is 13.7. The minimum Gasteiger partial charge on any atom is -0.477 e. The van der Waals surface area contributed by atoms with E-state index in [-0.39, 0.29) is 11.6 Å². The van der Waals surface area contributed by atoms with Crippen molar-refractivity contribution in [1.29, 1.82) is 0 Å². The third-order valence-electron chi connectivity index (χ3n) is 8.99. The number of rotatable bonds is 12. The molecule has 1 N–H and O–H groups in total. The van der Waals surface area contributed by atoms with E-state index in [1.165, 1.54) is 12.4 Å². The SMILES string of the molecule is O=C(N[C@@H]1CCCC[C@H]1OC(=O)c1cnc(OCC2CC2)c(-c2ccc(Cl)cc2)n1)c1cnc(OCC2CC2)c(-c2ccc(Cl)c(Cl)c2)c1. The predicted octanol–water partition coefficient (Wildman–Crippen LogP) is 8.64. The van der Waals surface area contributed by atoms with Crippen LogP contribution in [0.5, 0.6) is 11.8 Å². The number of amides is 1. The van der Waals surface area contributed by atoms with Crippen molar-refractivity contribution >= 4 is 46.7 Å². The van der Waals surface area contributed by atoms with Gasteiger partial charge < -0.3 is 19.5 Å². The lowest BCUT2D eigenvalue weighted by Gasteiger charge is -2.31. The van der Waals surface area contributed by atoms with Crippen LogP contribution in [0, 0.1) is 11.8 Å². The molecule has 2 heterocycles. The molecule has 49 heavy (non-hydrogen) atoms. The highest BCUT2D eigenvalue weighted by Crippen LogP contribution is 2.36. The number of hydrogen-bond acceptors (Lipinski definition) is 8. The van der Waals surface area contributed by atoms with E-state index in [2.05, 4.69) is 20.3 Å². The van der Waals surface area contributed by atoms with Crippen molar-refractivity contribution in [3.8, 4) is 34.1 Å². The van der Waals surface area contributed by atoms with E-state index < -0.39 is 18.1 Å². The van der Waals surface area contributed by atoms with Gasteiger partial charge in [0.15, 0.2) is 5.69 Å². The van der Waals surface area contributed by atoms with Crippen LogP contribution < -0.4 is 14.8 Å². The summed E-state index contributed by atoms with van der Waals surface area (Å²) in [7, 11) is 0. The molecule has 0 bridgehead atoms. The zero-order chi connectivity index (χ0) is 33.9. The first-order chi connectivity index (χ1) is 23.8. The van der Waals surface area contributed by atoms with Crippen LogP contribution in [0.25, 0.3) is 22.4 Å². The first kappa shape index (κ1) is 33.6. The standard InChI is InChI=1S/C37H35Cl3N4O5/c38-26-12-9-23(10-13-26)33-36(48-20-22-7-8-22)42-18-31(43-33)37(46)49-32-4-2-1-3-30(32)44-34(45)25-15-27(24-11-14-28(39)29(40)16-24)35(41-17-25)47-19-21-5-6-21/h9-18,21-22,30,32H,1-8,19-20H2,(H,44,45)/t30-,32-/m1/s1. The molecule has 3 aliphatic rings. The largest absolute Gasteiger partial charge is 0.477 e. The summed E-state index contributed by atoms with van der Waals surface area (Å²) in [5.74, 6) is 0.854. The minimum absolute atomic E-state index is 0.0524. The number of ether oxygens (including phenoxy) is 3. The maximum absolute atomic E-state index is 13.7. The van der Waals surface area contributed by atoms with Gasteiger partial charge in [-0.25, -0.2) is 19.7 Å². The molecular formula is C37H35Cl3N4O5. The van der Waals surface area contributed by atoms with Crippen LogP contribution in [-0.4, -0.2) is 52.2 Å². The Labute approximate surface area is 299 Å². The number of carbonyl (C=O) groups is 2. The number of hydrogen-bond donors (Lipinski definition) is 1. The second-order valence-electron chi connectivity index (χ2n) is 12.9. The predicted molar refractivity (Wildman–Crippen MR) is 188 cm³/mol. The van der Waals surface area contributed by atoms with Gasteiger partial charge >= 0.3 is 5.97 Å². The highest BCUT2D eigenvalue weighted by molar-refractivity contribution is 6.42. The molecule has 9 nitrogen and oxygen atoms in total. The van der Waals surface area contributed by atoms with E-state index in [0.717, 1.165) is 49.7 Å². The van der Waals surface area contributed by atoms with E-state index >= 15 is 0 Å². The van der Waals surface area contributed by atoms with Crippen LogP contribution in [-0.2, 0) is 4.74 Å². The van der Waals surface area contributed by atoms with Crippen LogP contribution in [0.4, 0.5) is 0 Å². The molecule has 12 heteroatoms. The molecule has 0 radical (unpaired) electrons. The van der Waals surface area contributed by atoms with Gasteiger partial charge in [0.2, 0.25) is 11.8 Å². The number of aromatic nitrogens is 3. The van der Waals surface area contributed by atoms with Gasteiger partial charge in [-0.3, -0.25) is 4.79 Å². The summed E-state index contributed by atoms with van der Waals surface area (Å²) in [6.45, 7) is 1.10. The number of nitrogens with zero attached hydrogens (tertiary/aromatic N) is 3. The van der Waals surface area contributed by atoms with Gasteiger partial charge in [-0.15, -0.1) is 0 Å². The molecule has 2 aromatic heterocycles. The molecule has 0 unspecified atom stereocenters. The van der Waals surface area contributed by atoms with E-state index in [1.54, 1.807) is 30.3 Å². The molecule has 0 spiro atoms. The minimum atomic E-state index is -0.622. The third kappa shape index (κ3) is 8.46. The van der Waals surface area contributed by atoms with Gasteiger partial charge in [0.25, 0.3) is 5.91 Å². The zero-order valence-corrected chi connectivity index (χ0v) is 28.9. The molecule has 7 rings (SSSR count). The molecule has 0 aliphatic heterocycles. The van der Waals surface area contributed by atoms with Crippen molar-refractivity contribution in [3.63, 3.8) is 0 Å². The average molecular weight is 722 g/mol. The molecule has 1 amide bonds. The van der Waals surface area contributed by atoms with E-state index in [0.29, 0.717) is 81.5 Å². The Kier molecular flexibility index (Phi) is 10.2. The van der Waals surface area contributed by atoms with Crippen LogP contribution in [0.3, 0.4) is 0 Å². The number of pyridine rings is 1. The lowest BCUT2D eigenvalue weighted by atomic mass is 9.92. The van der Waals surface area contributed by atoms with Crippen molar-refractivity contribution in [3.05, 3.63) is 87.2 Å². The second kappa shape index (κ2) is 14.9. The van der Waals surface area contributed by atoms with Crippen molar-refractivity contribution in [2.75, 3.05) is 13.2 Å². The van der Waals surface area contributed by atoms with Crippen LogP contribution in [0.2, 0.25) is 15.1 Å². The zero-order valence-electron chi connectivity index (χ0n) is 26.7. The fourth-order valence-electron chi connectivity index (χ4n) is 5.75. The fraction of sp³-hybridized carbons (Fsp3) is 0.378. The Morgan fingerprint density at radius 2 is 1.43 bits per heavy atom. The molecule has 2 atom stereocenters. The smallest absolute Gasteiger partial charge is 0.358 e. The number of benzene rings is 2.